The number of nitrogens with zero attached hydrogens (tertiary/aromatic N) is 2. The quantitative estimate of drug-likeness (QED) is 0.774. The Morgan fingerprint density at radius 3 is 2.35 bits per heavy atom. The number of carbonyl (C=O) groups is 1. The normalized spacial score (nSPS) is 11.9. The molecule has 1 heterocycles. The van der Waals surface area contributed by atoms with E-state index < -0.39 is 0 Å². The van der Waals surface area contributed by atoms with E-state index in [1.807, 2.05) is 79.9 Å². The summed E-state index contributed by atoms with van der Waals surface area (Å²) in [6.07, 6.45) is 2.59. The number of benzene rings is 2. The Hall–Kier alpha value is -2.88. The lowest BCUT2D eigenvalue weighted by Gasteiger charge is -2.14. The van der Waals surface area contributed by atoms with Crippen molar-refractivity contribution in [3.05, 3.63) is 78.5 Å². The first kappa shape index (κ1) is 15.0. The van der Waals surface area contributed by atoms with Gasteiger partial charge in [-0.3, -0.25) is 4.79 Å². The molecule has 0 spiro atoms. The summed E-state index contributed by atoms with van der Waals surface area (Å²) >= 11 is 0. The predicted octanol–water partition coefficient (Wildman–Crippen LogP) is 4.00. The maximum Gasteiger partial charge on any atom is 0.233 e. The van der Waals surface area contributed by atoms with E-state index in [1.165, 1.54) is 0 Å². The lowest BCUT2D eigenvalue weighted by Crippen LogP contribution is -2.21. The first-order valence-corrected chi connectivity index (χ1v) is 7.75. The van der Waals surface area contributed by atoms with Crippen LogP contribution in [0.25, 0.3) is 5.69 Å². The molecule has 0 fully saturated rings. The molecule has 1 unspecified atom stereocenters. The van der Waals surface area contributed by atoms with E-state index in [4.69, 9.17) is 0 Å². The third kappa shape index (κ3) is 3.48. The molecule has 0 radical (unpaired) electrons. The zero-order valence-electron chi connectivity index (χ0n) is 13.0. The van der Waals surface area contributed by atoms with Crippen LogP contribution in [-0.4, -0.2) is 15.7 Å². The maximum absolute atomic E-state index is 12.5. The number of rotatable bonds is 5. The molecule has 1 amide bonds. The van der Waals surface area contributed by atoms with Crippen LogP contribution in [0.2, 0.25) is 0 Å². The molecule has 0 aliphatic rings. The lowest BCUT2D eigenvalue weighted by molar-refractivity contribution is -0.117. The summed E-state index contributed by atoms with van der Waals surface area (Å²) in [5, 5.41) is 7.33. The standard InChI is InChI=1S/C19H19N3O/c1-2-17(15-9-5-3-6-10-15)19(23)20-18-13-14-22(21-18)16-11-7-4-8-12-16/h3-14,17H,2H2,1H3,(H,20,21,23). The van der Waals surface area contributed by atoms with Gasteiger partial charge in [-0.15, -0.1) is 0 Å². The number of hydrogen-bond donors (Lipinski definition) is 1. The highest BCUT2D eigenvalue weighted by Crippen LogP contribution is 2.21. The minimum absolute atomic E-state index is 0.0305. The second kappa shape index (κ2) is 6.92. The molecule has 0 aliphatic carbocycles. The molecule has 0 saturated heterocycles. The van der Waals surface area contributed by atoms with Gasteiger partial charge in [-0.2, -0.15) is 5.10 Å². The van der Waals surface area contributed by atoms with Gasteiger partial charge in [0.2, 0.25) is 5.91 Å². The lowest BCUT2D eigenvalue weighted by atomic mass is 9.96. The predicted molar refractivity (Wildman–Crippen MR) is 91.7 cm³/mol. The zero-order valence-corrected chi connectivity index (χ0v) is 13.0. The van der Waals surface area contributed by atoms with Crippen molar-refractivity contribution in [3.8, 4) is 5.69 Å². The Kier molecular flexibility index (Phi) is 4.52. The molecular weight excluding hydrogens is 286 g/mol. The number of hydrogen-bond acceptors (Lipinski definition) is 2. The summed E-state index contributed by atoms with van der Waals surface area (Å²) in [6, 6.07) is 21.4. The first-order valence-electron chi connectivity index (χ1n) is 7.75. The number of carbonyl (C=O) groups excluding carboxylic acids is 1. The Labute approximate surface area is 135 Å². The van der Waals surface area contributed by atoms with Gasteiger partial charge in [0.15, 0.2) is 5.82 Å². The van der Waals surface area contributed by atoms with Crippen LogP contribution in [-0.2, 0) is 4.79 Å². The SMILES string of the molecule is CCC(C(=O)Nc1ccn(-c2ccccc2)n1)c1ccccc1. The van der Waals surface area contributed by atoms with E-state index in [0.717, 1.165) is 17.7 Å². The molecule has 1 atom stereocenters. The van der Waals surface area contributed by atoms with E-state index in [9.17, 15) is 4.79 Å². The van der Waals surface area contributed by atoms with Crippen molar-refractivity contribution in [2.45, 2.75) is 19.3 Å². The monoisotopic (exact) mass is 305 g/mol. The summed E-state index contributed by atoms with van der Waals surface area (Å²) in [6.45, 7) is 2.01. The van der Waals surface area contributed by atoms with Crippen LogP contribution in [0.1, 0.15) is 24.8 Å². The average molecular weight is 305 g/mol. The van der Waals surface area contributed by atoms with E-state index >= 15 is 0 Å². The summed E-state index contributed by atoms with van der Waals surface area (Å²) in [4.78, 5) is 12.5. The Morgan fingerprint density at radius 2 is 1.70 bits per heavy atom. The highest BCUT2D eigenvalue weighted by atomic mass is 16.2. The van der Waals surface area contributed by atoms with Crippen molar-refractivity contribution >= 4 is 11.7 Å². The van der Waals surface area contributed by atoms with Crippen molar-refractivity contribution in [2.75, 3.05) is 5.32 Å². The summed E-state index contributed by atoms with van der Waals surface area (Å²) < 4.78 is 1.75. The fourth-order valence-electron chi connectivity index (χ4n) is 2.59. The number of aromatic nitrogens is 2. The average Bonchev–Trinajstić information content (AvgIpc) is 3.06. The van der Waals surface area contributed by atoms with E-state index in [2.05, 4.69) is 10.4 Å². The second-order valence-electron chi connectivity index (χ2n) is 5.34. The summed E-state index contributed by atoms with van der Waals surface area (Å²) in [7, 11) is 0. The number of para-hydroxylation sites is 1. The fourth-order valence-corrected chi connectivity index (χ4v) is 2.59. The van der Waals surface area contributed by atoms with E-state index in [-0.39, 0.29) is 11.8 Å². The minimum Gasteiger partial charge on any atom is -0.309 e. The van der Waals surface area contributed by atoms with Crippen LogP contribution >= 0.6 is 0 Å². The zero-order chi connectivity index (χ0) is 16.1. The largest absolute Gasteiger partial charge is 0.309 e. The molecule has 3 aromatic rings. The molecular formula is C19H19N3O. The molecule has 116 valence electrons. The second-order valence-corrected chi connectivity index (χ2v) is 5.34. The van der Waals surface area contributed by atoms with Crippen molar-refractivity contribution in [2.24, 2.45) is 0 Å². The molecule has 0 saturated carbocycles. The van der Waals surface area contributed by atoms with Crippen LogP contribution in [0, 0.1) is 0 Å². The highest BCUT2D eigenvalue weighted by Gasteiger charge is 2.19. The van der Waals surface area contributed by atoms with Gasteiger partial charge in [-0.25, -0.2) is 4.68 Å². The van der Waals surface area contributed by atoms with Crippen molar-refractivity contribution in [1.29, 1.82) is 0 Å². The van der Waals surface area contributed by atoms with E-state index in [0.29, 0.717) is 5.82 Å². The van der Waals surface area contributed by atoms with Gasteiger partial charge >= 0.3 is 0 Å². The van der Waals surface area contributed by atoms with Gasteiger partial charge in [-0.1, -0.05) is 55.5 Å². The van der Waals surface area contributed by atoms with E-state index in [1.54, 1.807) is 4.68 Å². The molecule has 2 aromatic carbocycles. The summed E-state index contributed by atoms with van der Waals surface area (Å²) in [5.41, 5.74) is 1.98. The number of nitrogens with one attached hydrogen (secondary N) is 1. The first-order chi connectivity index (χ1) is 11.3. The molecule has 3 rings (SSSR count). The minimum atomic E-state index is -0.168. The van der Waals surface area contributed by atoms with Crippen LogP contribution in [0.3, 0.4) is 0 Å². The van der Waals surface area contributed by atoms with Crippen molar-refractivity contribution < 1.29 is 4.79 Å². The van der Waals surface area contributed by atoms with Gasteiger partial charge in [0.25, 0.3) is 0 Å². The number of amides is 1. The molecule has 1 N–H and O–H groups in total. The van der Waals surface area contributed by atoms with Gasteiger partial charge in [0.05, 0.1) is 11.6 Å². The van der Waals surface area contributed by atoms with Gasteiger partial charge in [-0.05, 0) is 24.1 Å². The van der Waals surface area contributed by atoms with Crippen LogP contribution in [0.15, 0.2) is 72.9 Å². The van der Waals surface area contributed by atoms with Gasteiger partial charge < -0.3 is 5.32 Å². The Morgan fingerprint density at radius 1 is 1.04 bits per heavy atom. The Balaban J connectivity index is 1.74. The van der Waals surface area contributed by atoms with Gasteiger partial charge in [0, 0.05) is 12.3 Å². The van der Waals surface area contributed by atoms with Crippen LogP contribution in [0.4, 0.5) is 5.82 Å². The van der Waals surface area contributed by atoms with Crippen molar-refractivity contribution in [3.63, 3.8) is 0 Å². The molecule has 0 aliphatic heterocycles. The highest BCUT2D eigenvalue weighted by molar-refractivity contribution is 5.95. The van der Waals surface area contributed by atoms with Crippen molar-refractivity contribution in [1.82, 2.24) is 9.78 Å². The molecule has 4 nitrogen and oxygen atoms in total. The maximum atomic E-state index is 12.5. The molecule has 1 aromatic heterocycles. The topological polar surface area (TPSA) is 46.9 Å². The van der Waals surface area contributed by atoms with Crippen LogP contribution in [0.5, 0.6) is 0 Å². The van der Waals surface area contributed by atoms with Crippen LogP contribution < -0.4 is 5.32 Å². The van der Waals surface area contributed by atoms with Gasteiger partial charge in [0.1, 0.15) is 0 Å². The molecule has 0 bridgehead atoms. The Bertz CT molecular complexity index is 766. The fraction of sp³-hybridized carbons (Fsp3) is 0.158. The molecule has 23 heavy (non-hydrogen) atoms. The third-order valence-corrected chi connectivity index (χ3v) is 3.79. The molecule has 4 heteroatoms. The third-order valence-electron chi connectivity index (χ3n) is 3.79. The number of anilines is 1. The smallest absolute Gasteiger partial charge is 0.233 e. The summed E-state index contributed by atoms with van der Waals surface area (Å²) in [5.74, 6) is 0.364.